The first-order valence-electron chi connectivity index (χ1n) is 10.0. The first-order valence-corrected chi connectivity index (χ1v) is 10.0. The Morgan fingerprint density at radius 3 is 2.81 bits per heavy atom. The SMILES string of the molecule is CCNC(=NCCOCc1ccccc1OC)N(C)CCC1CCOCC1. The van der Waals surface area contributed by atoms with E-state index in [9.17, 15) is 0 Å². The van der Waals surface area contributed by atoms with Crippen LogP contribution in [0.5, 0.6) is 5.75 Å². The third-order valence-corrected chi connectivity index (χ3v) is 4.86. The molecule has 1 heterocycles. The topological polar surface area (TPSA) is 55.3 Å². The van der Waals surface area contributed by atoms with Crippen LogP contribution in [0.15, 0.2) is 29.3 Å². The number of benzene rings is 1. The minimum Gasteiger partial charge on any atom is -0.496 e. The fourth-order valence-electron chi connectivity index (χ4n) is 3.21. The Bertz CT molecular complexity index is 559. The smallest absolute Gasteiger partial charge is 0.193 e. The molecule has 1 N–H and O–H groups in total. The van der Waals surface area contributed by atoms with Crippen molar-refractivity contribution in [2.45, 2.75) is 32.8 Å². The Kier molecular flexibility index (Phi) is 10.0. The molecule has 0 atom stereocenters. The summed E-state index contributed by atoms with van der Waals surface area (Å²) in [5.41, 5.74) is 1.06. The van der Waals surface area contributed by atoms with Crippen molar-refractivity contribution in [3.8, 4) is 5.75 Å². The van der Waals surface area contributed by atoms with Gasteiger partial charge < -0.3 is 24.4 Å². The van der Waals surface area contributed by atoms with E-state index in [4.69, 9.17) is 19.2 Å². The van der Waals surface area contributed by atoms with Gasteiger partial charge in [-0.25, -0.2) is 0 Å². The molecule has 2 rings (SSSR count). The monoisotopic (exact) mass is 377 g/mol. The number of aliphatic imine (C=N–C) groups is 1. The molecule has 27 heavy (non-hydrogen) atoms. The molecule has 0 saturated carbocycles. The van der Waals surface area contributed by atoms with Gasteiger partial charge in [0.05, 0.1) is 26.9 Å². The number of nitrogens with zero attached hydrogens (tertiary/aromatic N) is 2. The molecule has 6 nitrogen and oxygen atoms in total. The number of rotatable bonds is 10. The fourth-order valence-corrected chi connectivity index (χ4v) is 3.21. The minimum absolute atomic E-state index is 0.537. The third kappa shape index (κ3) is 7.77. The average molecular weight is 378 g/mol. The average Bonchev–Trinajstić information content (AvgIpc) is 2.72. The summed E-state index contributed by atoms with van der Waals surface area (Å²) in [6.07, 6.45) is 3.55. The Hall–Kier alpha value is -1.79. The summed E-state index contributed by atoms with van der Waals surface area (Å²) in [7, 11) is 3.79. The second-order valence-corrected chi connectivity index (χ2v) is 6.87. The minimum atomic E-state index is 0.537. The second kappa shape index (κ2) is 12.6. The van der Waals surface area contributed by atoms with E-state index in [0.717, 1.165) is 49.5 Å². The van der Waals surface area contributed by atoms with E-state index >= 15 is 0 Å². The van der Waals surface area contributed by atoms with E-state index in [1.165, 1.54) is 19.3 Å². The fraction of sp³-hybridized carbons (Fsp3) is 0.667. The van der Waals surface area contributed by atoms with Gasteiger partial charge in [0.1, 0.15) is 5.75 Å². The van der Waals surface area contributed by atoms with Gasteiger partial charge >= 0.3 is 0 Å². The zero-order valence-corrected chi connectivity index (χ0v) is 17.1. The first kappa shape index (κ1) is 21.5. The lowest BCUT2D eigenvalue weighted by atomic mass is 9.96. The van der Waals surface area contributed by atoms with Crippen LogP contribution in [0, 0.1) is 5.92 Å². The van der Waals surface area contributed by atoms with E-state index in [2.05, 4.69) is 24.2 Å². The largest absolute Gasteiger partial charge is 0.496 e. The molecule has 1 aliphatic rings. The van der Waals surface area contributed by atoms with Gasteiger partial charge in [-0.05, 0) is 38.2 Å². The molecule has 0 aliphatic carbocycles. The zero-order chi connectivity index (χ0) is 19.3. The number of para-hydroxylation sites is 1. The molecule has 0 bridgehead atoms. The van der Waals surface area contributed by atoms with Crippen LogP contribution in [0.25, 0.3) is 0 Å². The van der Waals surface area contributed by atoms with Gasteiger partial charge in [0.25, 0.3) is 0 Å². The number of methoxy groups -OCH3 is 1. The number of guanidine groups is 1. The number of hydrogen-bond donors (Lipinski definition) is 1. The molecular weight excluding hydrogens is 342 g/mol. The van der Waals surface area contributed by atoms with Crippen LogP contribution in [-0.4, -0.2) is 64.5 Å². The van der Waals surface area contributed by atoms with Crippen LogP contribution in [0.3, 0.4) is 0 Å². The highest BCUT2D eigenvalue weighted by Gasteiger charge is 2.15. The van der Waals surface area contributed by atoms with E-state index in [1.807, 2.05) is 24.3 Å². The summed E-state index contributed by atoms with van der Waals surface area (Å²) in [6, 6.07) is 7.94. The lowest BCUT2D eigenvalue weighted by Gasteiger charge is -2.26. The molecule has 152 valence electrons. The van der Waals surface area contributed by atoms with E-state index in [-0.39, 0.29) is 0 Å². The summed E-state index contributed by atoms with van der Waals surface area (Å²) in [5.74, 6) is 2.58. The van der Waals surface area contributed by atoms with Gasteiger partial charge in [-0.15, -0.1) is 0 Å². The molecule has 0 amide bonds. The highest BCUT2D eigenvalue weighted by molar-refractivity contribution is 5.79. The summed E-state index contributed by atoms with van der Waals surface area (Å²) in [4.78, 5) is 6.92. The highest BCUT2D eigenvalue weighted by Crippen LogP contribution is 2.19. The Labute approximate surface area is 163 Å². The maximum Gasteiger partial charge on any atom is 0.193 e. The predicted octanol–water partition coefficient (Wildman–Crippen LogP) is 2.93. The van der Waals surface area contributed by atoms with Crippen LogP contribution in [0.1, 0.15) is 31.7 Å². The van der Waals surface area contributed by atoms with Crippen LogP contribution >= 0.6 is 0 Å². The number of hydrogen-bond acceptors (Lipinski definition) is 4. The van der Waals surface area contributed by atoms with Crippen LogP contribution in [0.4, 0.5) is 0 Å². The molecule has 1 aromatic rings. The van der Waals surface area contributed by atoms with Gasteiger partial charge in [-0.1, -0.05) is 18.2 Å². The maximum absolute atomic E-state index is 5.78. The standard InChI is InChI=1S/C21H35N3O3/c1-4-22-21(24(2)13-9-18-10-14-26-15-11-18)23-12-16-27-17-19-7-5-6-8-20(19)25-3/h5-8,18H,4,9-17H2,1-3H3,(H,22,23). The van der Waals surface area contributed by atoms with Crippen LogP contribution < -0.4 is 10.1 Å². The van der Waals surface area contributed by atoms with Crippen molar-refractivity contribution in [3.05, 3.63) is 29.8 Å². The molecule has 6 heteroatoms. The molecule has 1 fully saturated rings. The van der Waals surface area contributed by atoms with E-state index in [0.29, 0.717) is 19.8 Å². The molecule has 0 spiro atoms. The van der Waals surface area contributed by atoms with Crippen molar-refractivity contribution in [1.29, 1.82) is 0 Å². The van der Waals surface area contributed by atoms with Crippen LogP contribution in [0.2, 0.25) is 0 Å². The van der Waals surface area contributed by atoms with Crippen molar-refractivity contribution in [2.24, 2.45) is 10.9 Å². The lowest BCUT2D eigenvalue weighted by molar-refractivity contribution is 0.0625. The van der Waals surface area contributed by atoms with E-state index in [1.54, 1.807) is 7.11 Å². The molecule has 0 aromatic heterocycles. The van der Waals surface area contributed by atoms with Crippen molar-refractivity contribution < 1.29 is 14.2 Å². The van der Waals surface area contributed by atoms with Crippen LogP contribution in [-0.2, 0) is 16.1 Å². The molecule has 0 unspecified atom stereocenters. The van der Waals surface area contributed by atoms with Crippen molar-refractivity contribution >= 4 is 5.96 Å². The van der Waals surface area contributed by atoms with Crippen molar-refractivity contribution in [3.63, 3.8) is 0 Å². The molecular formula is C21H35N3O3. The lowest BCUT2D eigenvalue weighted by Crippen LogP contribution is -2.40. The molecule has 1 aromatic carbocycles. The normalized spacial score (nSPS) is 15.6. The summed E-state index contributed by atoms with van der Waals surface area (Å²) >= 11 is 0. The predicted molar refractivity (Wildman–Crippen MR) is 109 cm³/mol. The summed E-state index contributed by atoms with van der Waals surface area (Å²) in [5, 5.41) is 3.37. The Morgan fingerprint density at radius 1 is 1.30 bits per heavy atom. The van der Waals surface area contributed by atoms with Gasteiger partial charge in [0.2, 0.25) is 0 Å². The number of nitrogens with one attached hydrogen (secondary N) is 1. The Morgan fingerprint density at radius 2 is 2.07 bits per heavy atom. The maximum atomic E-state index is 5.78. The highest BCUT2D eigenvalue weighted by atomic mass is 16.5. The molecule has 1 aliphatic heterocycles. The number of ether oxygens (including phenoxy) is 3. The molecule has 0 radical (unpaired) electrons. The summed E-state index contributed by atoms with van der Waals surface area (Å²) < 4.78 is 16.6. The third-order valence-electron chi connectivity index (χ3n) is 4.86. The van der Waals surface area contributed by atoms with Crippen molar-refractivity contribution in [1.82, 2.24) is 10.2 Å². The quantitative estimate of drug-likeness (QED) is 0.386. The van der Waals surface area contributed by atoms with Gasteiger partial charge in [-0.3, -0.25) is 4.99 Å². The van der Waals surface area contributed by atoms with Gasteiger partial charge in [-0.2, -0.15) is 0 Å². The first-order chi connectivity index (χ1) is 13.2. The zero-order valence-electron chi connectivity index (χ0n) is 17.1. The summed E-state index contributed by atoms with van der Waals surface area (Å²) in [6.45, 7) is 7.55. The van der Waals surface area contributed by atoms with Gasteiger partial charge in [0, 0.05) is 38.9 Å². The Balaban J connectivity index is 1.73. The molecule has 1 saturated heterocycles. The second-order valence-electron chi connectivity index (χ2n) is 6.87. The van der Waals surface area contributed by atoms with Gasteiger partial charge in [0.15, 0.2) is 5.96 Å². The van der Waals surface area contributed by atoms with E-state index < -0.39 is 0 Å². The van der Waals surface area contributed by atoms with Crippen molar-refractivity contribution in [2.75, 3.05) is 53.6 Å².